The normalized spacial score (nSPS) is 14.8. The van der Waals surface area contributed by atoms with Gasteiger partial charge in [-0.3, -0.25) is 0 Å². The third-order valence-corrected chi connectivity index (χ3v) is 3.35. The third-order valence-electron chi connectivity index (χ3n) is 3.35. The first-order valence-electron chi connectivity index (χ1n) is 6.06. The Morgan fingerprint density at radius 2 is 2.00 bits per heavy atom. The van der Waals surface area contributed by atoms with Crippen molar-refractivity contribution >= 4 is 0 Å². The lowest BCUT2D eigenvalue weighted by atomic mass is 10.0. The molecule has 1 aromatic rings. The van der Waals surface area contributed by atoms with Crippen molar-refractivity contribution in [3.63, 3.8) is 0 Å². The summed E-state index contributed by atoms with van der Waals surface area (Å²) >= 11 is 0. The van der Waals surface area contributed by atoms with E-state index in [9.17, 15) is 5.11 Å². The molecule has 0 aliphatic rings. The van der Waals surface area contributed by atoms with Crippen LogP contribution in [0.2, 0.25) is 0 Å². The van der Waals surface area contributed by atoms with Crippen LogP contribution in [0.25, 0.3) is 0 Å². The molecule has 0 spiro atoms. The second-order valence-corrected chi connectivity index (χ2v) is 4.69. The molecule has 0 bridgehead atoms. The minimum atomic E-state index is 0.384. The van der Waals surface area contributed by atoms with Gasteiger partial charge in [0.2, 0.25) is 0 Å². The molecule has 0 heterocycles. The van der Waals surface area contributed by atoms with E-state index >= 15 is 0 Å². The van der Waals surface area contributed by atoms with Crippen molar-refractivity contribution in [2.75, 3.05) is 0 Å². The molecule has 2 atom stereocenters. The Balaban J connectivity index is 2.57. The zero-order valence-corrected chi connectivity index (χ0v) is 10.7. The fraction of sp³-hybridized carbons (Fsp3) is 0.571. The number of hydrogen-bond acceptors (Lipinski definition) is 2. The Labute approximate surface area is 98.7 Å². The predicted molar refractivity (Wildman–Crippen MR) is 68.6 cm³/mol. The molecule has 0 aliphatic heterocycles. The summed E-state index contributed by atoms with van der Waals surface area (Å²) in [5.74, 6) is 1.04. The Morgan fingerprint density at radius 1 is 1.31 bits per heavy atom. The van der Waals surface area contributed by atoms with E-state index < -0.39 is 0 Å². The van der Waals surface area contributed by atoms with Crippen LogP contribution in [0.4, 0.5) is 0 Å². The predicted octanol–water partition coefficient (Wildman–Crippen LogP) is 3.22. The second kappa shape index (κ2) is 5.90. The van der Waals surface area contributed by atoms with Crippen LogP contribution in [0.15, 0.2) is 18.2 Å². The SMILES string of the molecule is CCC(C)C(C)NCc1cc(C)ccc1O. The first-order chi connectivity index (χ1) is 7.54. The van der Waals surface area contributed by atoms with Gasteiger partial charge >= 0.3 is 0 Å². The van der Waals surface area contributed by atoms with Crippen LogP contribution >= 0.6 is 0 Å². The summed E-state index contributed by atoms with van der Waals surface area (Å²) in [5, 5.41) is 13.2. The standard InChI is InChI=1S/C14H23NO/c1-5-11(3)12(4)15-9-13-8-10(2)6-7-14(13)16/h6-8,11-12,15-16H,5,9H2,1-4H3. The highest BCUT2D eigenvalue weighted by Gasteiger charge is 2.10. The molecule has 1 aromatic carbocycles. The average Bonchev–Trinajstić information content (AvgIpc) is 2.28. The van der Waals surface area contributed by atoms with Gasteiger partial charge in [0.1, 0.15) is 5.75 Å². The monoisotopic (exact) mass is 221 g/mol. The summed E-state index contributed by atoms with van der Waals surface area (Å²) in [5.41, 5.74) is 2.17. The lowest BCUT2D eigenvalue weighted by Gasteiger charge is -2.20. The van der Waals surface area contributed by atoms with Crippen LogP contribution < -0.4 is 5.32 Å². The average molecular weight is 221 g/mol. The molecule has 0 amide bonds. The van der Waals surface area contributed by atoms with Crippen molar-refractivity contribution in [2.24, 2.45) is 5.92 Å². The summed E-state index contributed by atoms with van der Waals surface area (Å²) in [6, 6.07) is 6.20. The van der Waals surface area contributed by atoms with Gasteiger partial charge in [-0.25, -0.2) is 0 Å². The fourth-order valence-corrected chi connectivity index (χ4v) is 1.68. The lowest BCUT2D eigenvalue weighted by molar-refractivity contribution is 0.384. The zero-order chi connectivity index (χ0) is 12.1. The molecule has 0 radical (unpaired) electrons. The van der Waals surface area contributed by atoms with E-state index in [1.807, 2.05) is 19.1 Å². The van der Waals surface area contributed by atoms with Gasteiger partial charge in [-0.15, -0.1) is 0 Å². The first-order valence-corrected chi connectivity index (χ1v) is 6.06. The molecule has 1 rings (SSSR count). The van der Waals surface area contributed by atoms with Gasteiger partial charge in [0.25, 0.3) is 0 Å². The van der Waals surface area contributed by atoms with Crippen LogP contribution in [-0.4, -0.2) is 11.1 Å². The van der Waals surface area contributed by atoms with Crippen LogP contribution in [0.3, 0.4) is 0 Å². The van der Waals surface area contributed by atoms with E-state index in [1.54, 1.807) is 6.07 Å². The second-order valence-electron chi connectivity index (χ2n) is 4.69. The van der Waals surface area contributed by atoms with Gasteiger partial charge in [-0.2, -0.15) is 0 Å². The molecule has 0 aromatic heterocycles. The minimum absolute atomic E-state index is 0.384. The number of rotatable bonds is 5. The van der Waals surface area contributed by atoms with Crippen molar-refractivity contribution in [3.8, 4) is 5.75 Å². The van der Waals surface area contributed by atoms with Gasteiger partial charge in [0.05, 0.1) is 0 Å². The van der Waals surface area contributed by atoms with Crippen molar-refractivity contribution in [1.82, 2.24) is 5.32 Å². The molecule has 0 fully saturated rings. The van der Waals surface area contributed by atoms with E-state index in [-0.39, 0.29) is 0 Å². The highest BCUT2D eigenvalue weighted by molar-refractivity contribution is 5.35. The maximum Gasteiger partial charge on any atom is 0.120 e. The number of phenolic OH excluding ortho intramolecular Hbond substituents is 1. The largest absolute Gasteiger partial charge is 0.508 e. The molecule has 16 heavy (non-hydrogen) atoms. The summed E-state index contributed by atoms with van der Waals surface area (Å²) < 4.78 is 0. The molecule has 90 valence electrons. The van der Waals surface area contributed by atoms with Crippen LogP contribution in [0.1, 0.15) is 38.3 Å². The minimum Gasteiger partial charge on any atom is -0.508 e. The number of benzene rings is 1. The highest BCUT2D eigenvalue weighted by atomic mass is 16.3. The van der Waals surface area contributed by atoms with E-state index in [0.29, 0.717) is 17.7 Å². The van der Waals surface area contributed by atoms with Gasteiger partial charge in [-0.1, -0.05) is 38.0 Å². The first kappa shape index (κ1) is 13.0. The smallest absolute Gasteiger partial charge is 0.120 e. The molecular formula is C14H23NO. The number of phenols is 1. The van der Waals surface area contributed by atoms with E-state index in [4.69, 9.17) is 0 Å². The maximum absolute atomic E-state index is 9.70. The number of hydrogen-bond donors (Lipinski definition) is 2. The van der Waals surface area contributed by atoms with Crippen molar-refractivity contribution < 1.29 is 5.11 Å². The zero-order valence-electron chi connectivity index (χ0n) is 10.7. The maximum atomic E-state index is 9.70. The quantitative estimate of drug-likeness (QED) is 0.800. The Morgan fingerprint density at radius 3 is 2.62 bits per heavy atom. The topological polar surface area (TPSA) is 32.3 Å². The molecule has 0 aliphatic carbocycles. The van der Waals surface area contributed by atoms with E-state index in [2.05, 4.69) is 26.1 Å². The van der Waals surface area contributed by atoms with Crippen molar-refractivity contribution in [2.45, 2.75) is 46.7 Å². The molecule has 2 N–H and O–H groups in total. The van der Waals surface area contributed by atoms with Gasteiger partial charge < -0.3 is 10.4 Å². The molecule has 0 saturated carbocycles. The Kier molecular flexibility index (Phi) is 4.81. The van der Waals surface area contributed by atoms with E-state index in [0.717, 1.165) is 12.1 Å². The Hall–Kier alpha value is -1.02. The van der Waals surface area contributed by atoms with Gasteiger partial charge in [0.15, 0.2) is 0 Å². The van der Waals surface area contributed by atoms with E-state index in [1.165, 1.54) is 12.0 Å². The summed E-state index contributed by atoms with van der Waals surface area (Å²) in [6.45, 7) is 9.42. The van der Waals surface area contributed by atoms with Gasteiger partial charge in [-0.05, 0) is 25.8 Å². The highest BCUT2D eigenvalue weighted by Crippen LogP contribution is 2.18. The molecule has 2 heteroatoms. The third kappa shape index (κ3) is 3.53. The number of aryl methyl sites for hydroxylation is 1. The van der Waals surface area contributed by atoms with Crippen molar-refractivity contribution in [3.05, 3.63) is 29.3 Å². The molecule has 0 saturated heterocycles. The fourth-order valence-electron chi connectivity index (χ4n) is 1.68. The van der Waals surface area contributed by atoms with Crippen LogP contribution in [-0.2, 0) is 6.54 Å². The van der Waals surface area contributed by atoms with Crippen LogP contribution in [0.5, 0.6) is 5.75 Å². The number of nitrogens with one attached hydrogen (secondary N) is 1. The summed E-state index contributed by atoms with van der Waals surface area (Å²) in [7, 11) is 0. The molecular weight excluding hydrogens is 198 g/mol. The van der Waals surface area contributed by atoms with Crippen molar-refractivity contribution in [1.29, 1.82) is 0 Å². The van der Waals surface area contributed by atoms with Gasteiger partial charge in [0, 0.05) is 18.2 Å². The van der Waals surface area contributed by atoms with Crippen LogP contribution in [0, 0.1) is 12.8 Å². The molecule has 2 unspecified atom stereocenters. The Bertz CT molecular complexity index is 336. The summed E-state index contributed by atoms with van der Waals surface area (Å²) in [6.07, 6.45) is 1.17. The lowest BCUT2D eigenvalue weighted by Crippen LogP contribution is -2.31. The number of aromatic hydroxyl groups is 1. The molecule has 2 nitrogen and oxygen atoms in total. The summed E-state index contributed by atoms with van der Waals surface area (Å²) in [4.78, 5) is 0.